The number of carbonyl (C=O) groups excluding carboxylic acids is 2. The summed E-state index contributed by atoms with van der Waals surface area (Å²) in [7, 11) is 0. The molecule has 216 valence electrons. The molecule has 39 heavy (non-hydrogen) atoms. The zero-order valence-electron chi connectivity index (χ0n) is 22.3. The van der Waals surface area contributed by atoms with Crippen LogP contribution in [0.5, 0.6) is 0 Å². The van der Waals surface area contributed by atoms with E-state index >= 15 is 0 Å². The summed E-state index contributed by atoms with van der Waals surface area (Å²) >= 11 is 0. The van der Waals surface area contributed by atoms with Gasteiger partial charge in [-0.1, -0.05) is 31.4 Å². The van der Waals surface area contributed by atoms with Crippen molar-refractivity contribution >= 4 is 23.8 Å². The van der Waals surface area contributed by atoms with Crippen LogP contribution in [0.3, 0.4) is 0 Å². The van der Waals surface area contributed by atoms with Crippen molar-refractivity contribution in [1.29, 1.82) is 0 Å². The van der Waals surface area contributed by atoms with Crippen molar-refractivity contribution < 1.29 is 39.6 Å². The van der Waals surface area contributed by atoms with Gasteiger partial charge in [0.2, 0.25) is 5.91 Å². The number of aliphatic hydroxyl groups excluding tert-OH is 2. The van der Waals surface area contributed by atoms with E-state index < -0.39 is 24.6 Å². The largest absolute Gasteiger partial charge is 0.473 e. The first-order chi connectivity index (χ1) is 18.6. The molecule has 4 rings (SSSR count). The molecular formula is C28H41N3O8. The Balaban J connectivity index is 0.000000631. The van der Waals surface area contributed by atoms with Gasteiger partial charge in [-0.2, -0.15) is 0 Å². The van der Waals surface area contributed by atoms with E-state index in [1.807, 2.05) is 12.1 Å². The Labute approximate surface area is 228 Å². The molecule has 2 amide bonds. The monoisotopic (exact) mass is 547 g/mol. The SMILES string of the molecule is NC(=O)c1cccc(C2CC3CCC(C2)N3CCN(CC2CCCCC2)C(=O)[C@@H](O)CO)c1.O=C(O)C(=O)O. The second-order valence-electron chi connectivity index (χ2n) is 10.9. The first-order valence-corrected chi connectivity index (χ1v) is 13.8. The maximum absolute atomic E-state index is 12.8. The van der Waals surface area contributed by atoms with Crippen molar-refractivity contribution in [2.45, 2.75) is 81.9 Å². The lowest BCUT2D eigenvalue weighted by Crippen LogP contribution is -2.50. The van der Waals surface area contributed by atoms with E-state index in [2.05, 4.69) is 11.0 Å². The lowest BCUT2D eigenvalue weighted by Gasteiger charge is -2.40. The van der Waals surface area contributed by atoms with Gasteiger partial charge in [0.25, 0.3) is 5.91 Å². The van der Waals surface area contributed by atoms with Crippen LogP contribution in [0, 0.1) is 5.92 Å². The molecule has 1 aromatic carbocycles. The van der Waals surface area contributed by atoms with E-state index in [0.29, 0.717) is 42.6 Å². The summed E-state index contributed by atoms with van der Waals surface area (Å²) in [6, 6.07) is 8.69. The first kappa shape index (κ1) is 30.5. The van der Waals surface area contributed by atoms with E-state index in [-0.39, 0.29) is 11.8 Å². The summed E-state index contributed by atoms with van der Waals surface area (Å²) < 4.78 is 0. The molecule has 0 aromatic heterocycles. The molecule has 0 radical (unpaired) electrons. The van der Waals surface area contributed by atoms with Gasteiger partial charge in [0.15, 0.2) is 6.10 Å². The molecule has 6 N–H and O–H groups in total. The molecule has 1 saturated carbocycles. The van der Waals surface area contributed by atoms with Crippen molar-refractivity contribution in [3.05, 3.63) is 35.4 Å². The minimum Gasteiger partial charge on any atom is -0.473 e. The van der Waals surface area contributed by atoms with Gasteiger partial charge in [0.05, 0.1) is 6.61 Å². The van der Waals surface area contributed by atoms with Gasteiger partial charge < -0.3 is 31.1 Å². The molecule has 2 saturated heterocycles. The number of nitrogens with zero attached hydrogens (tertiary/aromatic N) is 2. The first-order valence-electron chi connectivity index (χ1n) is 13.8. The van der Waals surface area contributed by atoms with Crippen LogP contribution in [-0.4, -0.2) is 98.4 Å². The topological polar surface area (TPSA) is 182 Å². The maximum atomic E-state index is 12.8. The number of amides is 2. The molecule has 2 unspecified atom stereocenters. The number of carboxylic acids is 2. The Hall–Kier alpha value is -3.02. The molecule has 1 aliphatic carbocycles. The predicted octanol–water partition coefficient (Wildman–Crippen LogP) is 1.41. The second kappa shape index (κ2) is 14.4. The van der Waals surface area contributed by atoms with Gasteiger partial charge in [-0.15, -0.1) is 0 Å². The van der Waals surface area contributed by atoms with E-state index in [4.69, 9.17) is 25.5 Å². The van der Waals surface area contributed by atoms with Crippen molar-refractivity contribution in [3.63, 3.8) is 0 Å². The van der Waals surface area contributed by atoms with Gasteiger partial charge in [0, 0.05) is 37.3 Å². The number of aliphatic hydroxyl groups is 2. The average Bonchev–Trinajstić information content (AvgIpc) is 3.17. The van der Waals surface area contributed by atoms with Crippen LogP contribution in [0.1, 0.15) is 79.6 Å². The maximum Gasteiger partial charge on any atom is 0.414 e. The van der Waals surface area contributed by atoms with E-state index in [0.717, 1.165) is 45.1 Å². The van der Waals surface area contributed by atoms with Gasteiger partial charge in [0.1, 0.15) is 0 Å². The summed E-state index contributed by atoms with van der Waals surface area (Å²) in [4.78, 5) is 46.9. The third-order valence-electron chi connectivity index (χ3n) is 8.31. The number of primary amides is 1. The number of carboxylic acid groups (broad SMARTS) is 2. The van der Waals surface area contributed by atoms with Crippen LogP contribution in [0.4, 0.5) is 0 Å². The highest BCUT2D eigenvalue weighted by Crippen LogP contribution is 2.43. The summed E-state index contributed by atoms with van der Waals surface area (Å²) in [5.41, 5.74) is 7.25. The smallest absolute Gasteiger partial charge is 0.414 e. The highest BCUT2D eigenvalue weighted by Gasteiger charge is 2.41. The molecule has 3 atom stereocenters. The molecule has 2 heterocycles. The lowest BCUT2D eigenvalue weighted by atomic mass is 9.84. The van der Waals surface area contributed by atoms with E-state index in [9.17, 15) is 19.8 Å². The van der Waals surface area contributed by atoms with Crippen LogP contribution in [-0.2, 0) is 14.4 Å². The number of nitrogens with two attached hydrogens (primary N) is 1. The summed E-state index contributed by atoms with van der Waals surface area (Å²) in [6.45, 7) is 1.56. The molecular weight excluding hydrogens is 506 g/mol. The third-order valence-corrected chi connectivity index (χ3v) is 8.31. The number of hydrogen-bond donors (Lipinski definition) is 5. The van der Waals surface area contributed by atoms with Gasteiger partial charge in [-0.05, 0) is 68.1 Å². The quantitative estimate of drug-likeness (QED) is 0.286. The van der Waals surface area contributed by atoms with Gasteiger partial charge in [-0.3, -0.25) is 14.5 Å². The molecule has 3 fully saturated rings. The van der Waals surface area contributed by atoms with Gasteiger partial charge in [-0.25, -0.2) is 9.59 Å². The van der Waals surface area contributed by atoms with Crippen molar-refractivity contribution in [3.8, 4) is 0 Å². The normalized spacial score (nSPS) is 23.8. The lowest BCUT2D eigenvalue weighted by molar-refractivity contribution is -0.159. The van der Waals surface area contributed by atoms with Crippen molar-refractivity contribution in [2.24, 2.45) is 11.7 Å². The highest BCUT2D eigenvalue weighted by atomic mass is 16.4. The Kier molecular flexibility index (Phi) is 11.3. The van der Waals surface area contributed by atoms with Crippen LogP contribution in [0.25, 0.3) is 0 Å². The fourth-order valence-corrected chi connectivity index (χ4v) is 6.36. The Morgan fingerprint density at radius 3 is 2.13 bits per heavy atom. The molecule has 11 nitrogen and oxygen atoms in total. The fourth-order valence-electron chi connectivity index (χ4n) is 6.36. The molecule has 0 spiro atoms. The molecule has 11 heteroatoms. The number of benzene rings is 1. The molecule has 2 bridgehead atoms. The summed E-state index contributed by atoms with van der Waals surface area (Å²) in [5, 5.41) is 34.1. The fraction of sp³-hybridized carbons (Fsp3) is 0.643. The van der Waals surface area contributed by atoms with E-state index in [1.54, 1.807) is 11.0 Å². The number of fused-ring (bicyclic) bond motifs is 2. The zero-order chi connectivity index (χ0) is 28.5. The van der Waals surface area contributed by atoms with E-state index in [1.165, 1.54) is 24.8 Å². The summed E-state index contributed by atoms with van der Waals surface area (Å²) in [5.74, 6) is -3.45. The molecule has 3 aliphatic rings. The highest BCUT2D eigenvalue weighted by molar-refractivity contribution is 6.27. The molecule has 2 aliphatic heterocycles. The number of piperidine rings is 1. The van der Waals surface area contributed by atoms with Crippen LogP contribution in [0.15, 0.2) is 24.3 Å². The van der Waals surface area contributed by atoms with Crippen molar-refractivity contribution in [1.82, 2.24) is 9.80 Å². The Bertz CT molecular complexity index is 986. The van der Waals surface area contributed by atoms with Crippen molar-refractivity contribution in [2.75, 3.05) is 26.2 Å². The standard InChI is InChI=1S/C26H39N3O4.C2H2O4/c27-25(32)20-8-4-7-19(13-20)21-14-22-9-10-23(15-21)29(22)12-11-28(26(33)24(31)17-30)16-18-5-2-1-3-6-18;3-1(4)2(5)6/h4,7-8,13,18,21-24,30-31H,1-3,5-6,9-12,14-17H2,(H2,27,32);(H,3,4)(H,5,6)/t21?,22?,23?,24-;/m0./s1. The van der Waals surface area contributed by atoms with Crippen LogP contribution in [0.2, 0.25) is 0 Å². The summed E-state index contributed by atoms with van der Waals surface area (Å²) in [6.07, 6.45) is 9.06. The Morgan fingerprint density at radius 2 is 1.59 bits per heavy atom. The van der Waals surface area contributed by atoms with Crippen LogP contribution < -0.4 is 5.73 Å². The predicted molar refractivity (Wildman–Crippen MR) is 142 cm³/mol. The minimum atomic E-state index is -1.82. The molecule has 1 aromatic rings. The minimum absolute atomic E-state index is 0.339. The number of hydrogen-bond acceptors (Lipinski definition) is 7. The third kappa shape index (κ3) is 8.48. The Morgan fingerprint density at radius 1 is 0.974 bits per heavy atom. The number of rotatable bonds is 9. The second-order valence-corrected chi connectivity index (χ2v) is 10.9. The number of carbonyl (C=O) groups is 4. The average molecular weight is 548 g/mol. The zero-order valence-corrected chi connectivity index (χ0v) is 22.3. The number of aliphatic carboxylic acids is 2. The van der Waals surface area contributed by atoms with Crippen LogP contribution >= 0.6 is 0 Å². The van der Waals surface area contributed by atoms with Gasteiger partial charge >= 0.3 is 11.9 Å².